The van der Waals surface area contributed by atoms with Gasteiger partial charge in [-0.2, -0.15) is 0 Å². The highest BCUT2D eigenvalue weighted by Gasteiger charge is 2.15. The van der Waals surface area contributed by atoms with E-state index in [1.54, 1.807) is 24.8 Å². The summed E-state index contributed by atoms with van der Waals surface area (Å²) in [5, 5.41) is 0.580. The first-order valence-electron chi connectivity index (χ1n) is 10.8. The van der Waals surface area contributed by atoms with E-state index in [9.17, 15) is 9.59 Å². The molecule has 0 spiro atoms. The molecule has 0 bridgehead atoms. The topological polar surface area (TPSA) is 68.1 Å². The van der Waals surface area contributed by atoms with Crippen LogP contribution in [0, 0.1) is 6.92 Å². The Kier molecular flexibility index (Phi) is 6.70. The Hall–Kier alpha value is -3.80. The molecule has 0 saturated heterocycles. The molecular weight excluding hydrogens is 400 g/mol. The Labute approximate surface area is 187 Å². The van der Waals surface area contributed by atoms with Crippen molar-refractivity contribution in [1.82, 2.24) is 19.4 Å². The predicted octanol–water partition coefficient (Wildman–Crippen LogP) is 3.76. The first kappa shape index (κ1) is 21.4. The molecular formula is C26H26N4O2. The number of fused-ring (bicyclic) bond motifs is 1. The van der Waals surface area contributed by atoms with Gasteiger partial charge >= 0.3 is 0 Å². The molecule has 0 aliphatic carbocycles. The third-order valence-corrected chi connectivity index (χ3v) is 5.58. The van der Waals surface area contributed by atoms with Gasteiger partial charge in [-0.1, -0.05) is 48.5 Å². The van der Waals surface area contributed by atoms with Crippen molar-refractivity contribution in [2.75, 3.05) is 6.54 Å². The minimum atomic E-state index is -0.116. The number of amides is 1. The fourth-order valence-electron chi connectivity index (χ4n) is 3.78. The van der Waals surface area contributed by atoms with Crippen molar-refractivity contribution in [3.05, 3.63) is 106 Å². The van der Waals surface area contributed by atoms with Gasteiger partial charge in [0.2, 0.25) is 5.91 Å². The van der Waals surface area contributed by atoms with E-state index in [2.05, 4.69) is 22.1 Å². The number of para-hydroxylation sites is 1. The smallest absolute Gasteiger partial charge is 0.261 e. The largest absolute Gasteiger partial charge is 0.338 e. The molecule has 0 saturated carbocycles. The summed E-state index contributed by atoms with van der Waals surface area (Å²) in [7, 11) is 0. The molecule has 6 heteroatoms. The van der Waals surface area contributed by atoms with E-state index >= 15 is 0 Å². The standard InChI is InChI=1S/C26H26N4O2/c1-20-7-5-11-23-25(20)28-19-30(26(23)32)16-13-24(31)29(18-22-10-6-14-27-17-22)15-12-21-8-3-2-4-9-21/h2-11,14,17,19H,12-13,15-16,18H2,1H3. The number of rotatable bonds is 8. The minimum absolute atomic E-state index is 0.000948. The predicted molar refractivity (Wildman–Crippen MR) is 125 cm³/mol. The Bertz CT molecular complexity index is 1250. The lowest BCUT2D eigenvalue weighted by Gasteiger charge is -2.23. The number of hydrogen-bond donors (Lipinski definition) is 0. The van der Waals surface area contributed by atoms with Crippen LogP contribution in [0.4, 0.5) is 0 Å². The Morgan fingerprint density at radius 3 is 2.59 bits per heavy atom. The highest BCUT2D eigenvalue weighted by molar-refractivity contribution is 5.80. The molecule has 32 heavy (non-hydrogen) atoms. The third kappa shape index (κ3) is 5.09. The summed E-state index contributed by atoms with van der Waals surface area (Å²) in [6.45, 7) is 3.32. The SMILES string of the molecule is Cc1cccc2c(=O)n(CCC(=O)N(CCc3ccccc3)Cc3cccnc3)cnc12. The van der Waals surface area contributed by atoms with E-state index < -0.39 is 0 Å². The monoisotopic (exact) mass is 426 g/mol. The molecule has 0 N–H and O–H groups in total. The lowest BCUT2D eigenvalue weighted by atomic mass is 10.1. The molecule has 0 atom stereocenters. The van der Waals surface area contributed by atoms with E-state index in [0.717, 1.165) is 17.5 Å². The van der Waals surface area contributed by atoms with Crippen molar-refractivity contribution in [1.29, 1.82) is 0 Å². The van der Waals surface area contributed by atoms with Crippen LogP contribution in [0.25, 0.3) is 10.9 Å². The van der Waals surface area contributed by atoms with E-state index in [-0.39, 0.29) is 17.9 Å². The van der Waals surface area contributed by atoms with Gasteiger partial charge < -0.3 is 4.90 Å². The highest BCUT2D eigenvalue weighted by Crippen LogP contribution is 2.12. The second-order valence-corrected chi connectivity index (χ2v) is 7.88. The number of carbonyl (C=O) groups is 1. The first-order chi connectivity index (χ1) is 15.6. The summed E-state index contributed by atoms with van der Waals surface area (Å²) in [6.07, 6.45) is 6.04. The number of hydrogen-bond acceptors (Lipinski definition) is 4. The van der Waals surface area contributed by atoms with Gasteiger partial charge in [-0.15, -0.1) is 0 Å². The number of carbonyl (C=O) groups excluding carboxylic acids is 1. The summed E-state index contributed by atoms with van der Waals surface area (Å²) in [4.78, 5) is 36.4. The Morgan fingerprint density at radius 1 is 1.00 bits per heavy atom. The maximum Gasteiger partial charge on any atom is 0.261 e. The maximum absolute atomic E-state index is 13.1. The van der Waals surface area contributed by atoms with Crippen molar-refractivity contribution in [2.45, 2.75) is 32.9 Å². The summed E-state index contributed by atoms with van der Waals surface area (Å²) < 4.78 is 1.53. The Morgan fingerprint density at radius 2 is 1.81 bits per heavy atom. The minimum Gasteiger partial charge on any atom is -0.338 e. The number of benzene rings is 2. The molecule has 0 fully saturated rings. The fraction of sp³-hybridized carbons (Fsp3) is 0.231. The number of pyridine rings is 1. The fourth-order valence-corrected chi connectivity index (χ4v) is 3.78. The van der Waals surface area contributed by atoms with Gasteiger partial charge in [0.25, 0.3) is 5.56 Å². The summed E-state index contributed by atoms with van der Waals surface area (Å²) in [5.74, 6) is 0.000948. The van der Waals surface area contributed by atoms with Crippen molar-refractivity contribution < 1.29 is 4.79 Å². The van der Waals surface area contributed by atoms with Gasteiger partial charge in [-0.25, -0.2) is 4.98 Å². The summed E-state index contributed by atoms with van der Waals surface area (Å²) in [5.41, 5.74) is 3.72. The lowest BCUT2D eigenvalue weighted by molar-refractivity contribution is -0.132. The molecule has 0 aliphatic heterocycles. The van der Waals surface area contributed by atoms with Crippen LogP contribution >= 0.6 is 0 Å². The van der Waals surface area contributed by atoms with E-state index in [1.165, 1.54) is 10.1 Å². The normalized spacial score (nSPS) is 10.9. The highest BCUT2D eigenvalue weighted by atomic mass is 16.2. The molecule has 0 unspecified atom stereocenters. The van der Waals surface area contributed by atoms with Crippen molar-refractivity contribution in [3.8, 4) is 0 Å². The number of aryl methyl sites for hydroxylation is 2. The molecule has 4 aromatic rings. The van der Waals surface area contributed by atoms with Crippen LogP contribution in [0.1, 0.15) is 23.1 Å². The molecule has 1 amide bonds. The lowest BCUT2D eigenvalue weighted by Crippen LogP contribution is -2.34. The van der Waals surface area contributed by atoms with Gasteiger partial charge in [0.15, 0.2) is 0 Å². The van der Waals surface area contributed by atoms with Crippen LogP contribution in [0.2, 0.25) is 0 Å². The third-order valence-electron chi connectivity index (χ3n) is 5.58. The van der Waals surface area contributed by atoms with Crippen LogP contribution in [0.15, 0.2) is 84.2 Å². The van der Waals surface area contributed by atoms with Crippen LogP contribution in [0.3, 0.4) is 0 Å². The van der Waals surface area contributed by atoms with E-state index in [1.807, 2.05) is 54.3 Å². The number of nitrogens with zero attached hydrogens (tertiary/aromatic N) is 4. The van der Waals surface area contributed by atoms with Crippen LogP contribution in [-0.2, 0) is 24.3 Å². The van der Waals surface area contributed by atoms with Crippen LogP contribution in [0.5, 0.6) is 0 Å². The van der Waals surface area contributed by atoms with Crippen LogP contribution < -0.4 is 5.56 Å². The van der Waals surface area contributed by atoms with Gasteiger partial charge in [0.1, 0.15) is 0 Å². The maximum atomic E-state index is 13.1. The molecule has 2 heterocycles. The van der Waals surface area contributed by atoms with Crippen LogP contribution in [-0.4, -0.2) is 31.9 Å². The molecule has 0 aliphatic rings. The molecule has 2 aromatic carbocycles. The van der Waals surface area contributed by atoms with Gasteiger partial charge in [-0.05, 0) is 42.2 Å². The second-order valence-electron chi connectivity index (χ2n) is 7.88. The summed E-state index contributed by atoms with van der Waals surface area (Å²) >= 11 is 0. The quantitative estimate of drug-likeness (QED) is 0.430. The van der Waals surface area contributed by atoms with Crippen molar-refractivity contribution >= 4 is 16.8 Å². The zero-order valence-corrected chi connectivity index (χ0v) is 18.1. The van der Waals surface area contributed by atoms with Gasteiger partial charge in [0.05, 0.1) is 17.2 Å². The zero-order chi connectivity index (χ0) is 22.3. The average molecular weight is 427 g/mol. The molecule has 162 valence electrons. The Balaban J connectivity index is 1.48. The average Bonchev–Trinajstić information content (AvgIpc) is 2.83. The van der Waals surface area contributed by atoms with Gasteiger partial charge in [-0.3, -0.25) is 19.1 Å². The first-order valence-corrected chi connectivity index (χ1v) is 10.8. The summed E-state index contributed by atoms with van der Waals surface area (Å²) in [6, 6.07) is 19.5. The zero-order valence-electron chi connectivity index (χ0n) is 18.1. The molecule has 2 aromatic heterocycles. The van der Waals surface area contributed by atoms with Gasteiger partial charge in [0, 0.05) is 38.4 Å². The molecule has 0 radical (unpaired) electrons. The van der Waals surface area contributed by atoms with E-state index in [4.69, 9.17) is 0 Å². The van der Waals surface area contributed by atoms with Crippen molar-refractivity contribution in [2.24, 2.45) is 0 Å². The van der Waals surface area contributed by atoms with Crippen molar-refractivity contribution in [3.63, 3.8) is 0 Å². The molecule has 4 rings (SSSR count). The number of aromatic nitrogens is 3. The molecule has 6 nitrogen and oxygen atoms in total. The van der Waals surface area contributed by atoms with E-state index in [0.29, 0.717) is 30.5 Å². The second kappa shape index (κ2) is 10.0.